The molecule has 1 aliphatic heterocycles. The van der Waals surface area contributed by atoms with E-state index in [1.54, 1.807) is 0 Å². The molecule has 0 unspecified atom stereocenters. The van der Waals surface area contributed by atoms with Gasteiger partial charge in [-0.2, -0.15) is 0 Å². The molecular weight excluding hydrogens is 188 g/mol. The zero-order chi connectivity index (χ0) is 11.3. The van der Waals surface area contributed by atoms with E-state index in [-0.39, 0.29) is 0 Å². The standard InChI is InChI=1S/C12H24N2O/c1-4-13-8-10-14-9-7-12(2,3)6-5-11(14)15/h13H,4-10H2,1-3H3. The highest BCUT2D eigenvalue weighted by Crippen LogP contribution is 2.29. The fourth-order valence-corrected chi connectivity index (χ4v) is 1.92. The highest BCUT2D eigenvalue weighted by Gasteiger charge is 2.26. The summed E-state index contributed by atoms with van der Waals surface area (Å²) in [5.74, 6) is 0.332. The molecule has 0 saturated carbocycles. The minimum Gasteiger partial charge on any atom is -0.341 e. The first-order chi connectivity index (χ1) is 7.05. The lowest BCUT2D eigenvalue weighted by Crippen LogP contribution is -2.36. The average Bonchev–Trinajstić information content (AvgIpc) is 2.31. The van der Waals surface area contributed by atoms with Gasteiger partial charge in [-0.05, 0) is 24.8 Å². The summed E-state index contributed by atoms with van der Waals surface area (Å²) in [6, 6.07) is 0. The van der Waals surface area contributed by atoms with Crippen LogP contribution in [0.5, 0.6) is 0 Å². The number of rotatable bonds is 4. The Morgan fingerprint density at radius 1 is 1.40 bits per heavy atom. The van der Waals surface area contributed by atoms with Crippen LogP contribution in [-0.4, -0.2) is 37.0 Å². The minimum atomic E-state index is 0.332. The molecule has 0 bridgehead atoms. The van der Waals surface area contributed by atoms with Crippen molar-refractivity contribution in [2.24, 2.45) is 5.41 Å². The molecule has 88 valence electrons. The number of hydrogen-bond donors (Lipinski definition) is 1. The van der Waals surface area contributed by atoms with Crippen LogP contribution in [-0.2, 0) is 4.79 Å². The molecule has 1 N–H and O–H groups in total. The van der Waals surface area contributed by atoms with E-state index in [9.17, 15) is 4.79 Å². The van der Waals surface area contributed by atoms with Crippen LogP contribution in [0.3, 0.4) is 0 Å². The molecule has 0 radical (unpaired) electrons. The number of carbonyl (C=O) groups is 1. The summed E-state index contributed by atoms with van der Waals surface area (Å²) in [6.45, 7) is 10.3. The van der Waals surface area contributed by atoms with Gasteiger partial charge in [0.1, 0.15) is 0 Å². The van der Waals surface area contributed by atoms with Gasteiger partial charge in [0.25, 0.3) is 0 Å². The maximum Gasteiger partial charge on any atom is 0.222 e. The first-order valence-electron chi connectivity index (χ1n) is 6.04. The van der Waals surface area contributed by atoms with Crippen LogP contribution in [0.2, 0.25) is 0 Å². The maximum atomic E-state index is 11.8. The Bertz CT molecular complexity index is 214. The summed E-state index contributed by atoms with van der Waals surface area (Å²) >= 11 is 0. The van der Waals surface area contributed by atoms with Gasteiger partial charge in [-0.1, -0.05) is 20.8 Å². The molecule has 1 rings (SSSR count). The van der Waals surface area contributed by atoms with Crippen LogP contribution in [0, 0.1) is 5.41 Å². The Morgan fingerprint density at radius 2 is 2.13 bits per heavy atom. The molecule has 1 amide bonds. The summed E-state index contributed by atoms with van der Waals surface area (Å²) in [4.78, 5) is 13.8. The Hall–Kier alpha value is -0.570. The fourth-order valence-electron chi connectivity index (χ4n) is 1.92. The lowest BCUT2D eigenvalue weighted by molar-refractivity contribution is -0.130. The van der Waals surface area contributed by atoms with Gasteiger partial charge in [0.2, 0.25) is 5.91 Å². The summed E-state index contributed by atoms with van der Waals surface area (Å²) in [5, 5.41) is 3.26. The van der Waals surface area contributed by atoms with Crippen molar-refractivity contribution in [2.75, 3.05) is 26.2 Å². The second-order valence-corrected chi connectivity index (χ2v) is 5.15. The highest BCUT2D eigenvalue weighted by atomic mass is 16.2. The largest absolute Gasteiger partial charge is 0.341 e. The van der Waals surface area contributed by atoms with Crippen LogP contribution >= 0.6 is 0 Å². The minimum absolute atomic E-state index is 0.332. The van der Waals surface area contributed by atoms with Crippen LogP contribution in [0.1, 0.15) is 40.0 Å². The van der Waals surface area contributed by atoms with Gasteiger partial charge in [0.05, 0.1) is 0 Å². The number of amides is 1. The Labute approximate surface area is 93.2 Å². The van der Waals surface area contributed by atoms with E-state index in [0.29, 0.717) is 11.3 Å². The normalized spacial score (nSPS) is 21.5. The zero-order valence-corrected chi connectivity index (χ0v) is 10.3. The van der Waals surface area contributed by atoms with Gasteiger partial charge in [-0.3, -0.25) is 4.79 Å². The van der Waals surface area contributed by atoms with Gasteiger partial charge in [-0.15, -0.1) is 0 Å². The summed E-state index contributed by atoms with van der Waals surface area (Å²) in [6.07, 6.45) is 2.88. The molecule has 3 heteroatoms. The average molecular weight is 212 g/mol. The summed E-state index contributed by atoms with van der Waals surface area (Å²) in [5.41, 5.74) is 0.336. The van der Waals surface area contributed by atoms with E-state index >= 15 is 0 Å². The zero-order valence-electron chi connectivity index (χ0n) is 10.3. The number of carbonyl (C=O) groups excluding carboxylic acids is 1. The number of likely N-dealkylation sites (tertiary alicyclic amines) is 1. The molecule has 1 heterocycles. The van der Waals surface area contributed by atoms with Gasteiger partial charge < -0.3 is 10.2 Å². The van der Waals surface area contributed by atoms with E-state index in [1.165, 1.54) is 0 Å². The van der Waals surface area contributed by atoms with E-state index in [2.05, 4.69) is 26.1 Å². The predicted octanol–water partition coefficient (Wildman–Crippen LogP) is 1.63. The topological polar surface area (TPSA) is 32.3 Å². The number of likely N-dealkylation sites (N-methyl/N-ethyl adjacent to an activating group) is 1. The van der Waals surface area contributed by atoms with Crippen LogP contribution in [0.4, 0.5) is 0 Å². The smallest absolute Gasteiger partial charge is 0.222 e. The van der Waals surface area contributed by atoms with Crippen molar-refractivity contribution in [1.82, 2.24) is 10.2 Å². The van der Waals surface area contributed by atoms with Crippen molar-refractivity contribution in [3.8, 4) is 0 Å². The van der Waals surface area contributed by atoms with Crippen molar-refractivity contribution in [3.63, 3.8) is 0 Å². The molecule has 0 atom stereocenters. The molecule has 1 fully saturated rings. The summed E-state index contributed by atoms with van der Waals surface area (Å²) < 4.78 is 0. The van der Waals surface area contributed by atoms with Crippen LogP contribution < -0.4 is 5.32 Å². The third-order valence-electron chi connectivity index (χ3n) is 3.24. The quantitative estimate of drug-likeness (QED) is 0.718. The SMILES string of the molecule is CCNCCN1CCC(C)(C)CCC1=O. The number of hydrogen-bond acceptors (Lipinski definition) is 2. The second-order valence-electron chi connectivity index (χ2n) is 5.15. The summed E-state index contributed by atoms with van der Waals surface area (Å²) in [7, 11) is 0. The predicted molar refractivity (Wildman–Crippen MR) is 62.8 cm³/mol. The Balaban J connectivity index is 2.40. The molecule has 0 aromatic rings. The van der Waals surface area contributed by atoms with Crippen molar-refractivity contribution >= 4 is 5.91 Å². The molecule has 15 heavy (non-hydrogen) atoms. The Morgan fingerprint density at radius 3 is 2.80 bits per heavy atom. The van der Waals surface area contributed by atoms with Crippen LogP contribution in [0.15, 0.2) is 0 Å². The van der Waals surface area contributed by atoms with E-state index in [4.69, 9.17) is 0 Å². The van der Waals surface area contributed by atoms with E-state index < -0.39 is 0 Å². The molecule has 0 aromatic carbocycles. The third-order valence-corrected chi connectivity index (χ3v) is 3.24. The van der Waals surface area contributed by atoms with Gasteiger partial charge in [0.15, 0.2) is 0 Å². The van der Waals surface area contributed by atoms with Gasteiger partial charge >= 0.3 is 0 Å². The number of nitrogens with one attached hydrogen (secondary N) is 1. The lowest BCUT2D eigenvalue weighted by atomic mass is 9.85. The van der Waals surface area contributed by atoms with Gasteiger partial charge in [0, 0.05) is 26.1 Å². The first kappa shape index (κ1) is 12.5. The van der Waals surface area contributed by atoms with Crippen LogP contribution in [0.25, 0.3) is 0 Å². The van der Waals surface area contributed by atoms with Crippen molar-refractivity contribution in [2.45, 2.75) is 40.0 Å². The number of nitrogens with zero attached hydrogens (tertiary/aromatic N) is 1. The molecule has 3 nitrogen and oxygen atoms in total. The second kappa shape index (κ2) is 5.50. The first-order valence-corrected chi connectivity index (χ1v) is 6.04. The maximum absolute atomic E-state index is 11.8. The fraction of sp³-hybridized carbons (Fsp3) is 0.917. The molecule has 1 saturated heterocycles. The van der Waals surface area contributed by atoms with E-state index in [1.807, 2.05) is 4.90 Å². The Kier molecular flexibility index (Phi) is 4.58. The molecule has 1 aliphatic rings. The molecule has 0 aliphatic carbocycles. The highest BCUT2D eigenvalue weighted by molar-refractivity contribution is 5.76. The monoisotopic (exact) mass is 212 g/mol. The lowest BCUT2D eigenvalue weighted by Gasteiger charge is -2.23. The van der Waals surface area contributed by atoms with Crippen molar-refractivity contribution in [1.29, 1.82) is 0 Å². The molecule has 0 spiro atoms. The molecular formula is C12H24N2O. The third kappa shape index (κ3) is 4.20. The van der Waals surface area contributed by atoms with E-state index in [0.717, 1.165) is 45.4 Å². The molecule has 0 aromatic heterocycles. The van der Waals surface area contributed by atoms with Crippen molar-refractivity contribution in [3.05, 3.63) is 0 Å². The van der Waals surface area contributed by atoms with Gasteiger partial charge in [-0.25, -0.2) is 0 Å². The van der Waals surface area contributed by atoms with Crippen molar-refractivity contribution < 1.29 is 4.79 Å².